The fourth-order valence-electron chi connectivity index (χ4n) is 3.31. The Morgan fingerprint density at radius 2 is 1.53 bits per heavy atom. The third kappa shape index (κ3) is 6.25. The zero-order valence-electron chi connectivity index (χ0n) is 17.5. The van der Waals surface area contributed by atoms with Gasteiger partial charge in [0.15, 0.2) is 0 Å². The van der Waals surface area contributed by atoms with Crippen LogP contribution in [0.1, 0.15) is 6.92 Å². The second-order valence-electron chi connectivity index (χ2n) is 7.28. The number of nitrogens with one attached hydrogen (secondary N) is 2. The number of carbonyl (C=O) groups excluding carboxylic acids is 1. The predicted molar refractivity (Wildman–Crippen MR) is 120 cm³/mol. The molecule has 2 aromatic carbocycles. The summed E-state index contributed by atoms with van der Waals surface area (Å²) in [6.07, 6.45) is 0. The zero-order valence-corrected chi connectivity index (χ0v) is 19.1. The average molecular weight is 485 g/mol. The highest BCUT2D eigenvalue weighted by Crippen LogP contribution is 2.18. The van der Waals surface area contributed by atoms with Crippen LogP contribution in [0.4, 0.5) is 15.8 Å². The summed E-state index contributed by atoms with van der Waals surface area (Å²) in [7, 11) is -7.54. The van der Waals surface area contributed by atoms with Crippen LogP contribution in [0.2, 0.25) is 0 Å². The fraction of sp³-hybridized carbons (Fsp3) is 0.350. The molecule has 12 heteroatoms. The Morgan fingerprint density at radius 3 is 2.09 bits per heavy atom. The van der Waals surface area contributed by atoms with Gasteiger partial charge >= 0.3 is 0 Å². The topological polar surface area (TPSA) is 116 Å². The van der Waals surface area contributed by atoms with E-state index in [1.807, 2.05) is 4.90 Å². The number of carbonyl (C=O) groups is 1. The van der Waals surface area contributed by atoms with Crippen LogP contribution in [0.3, 0.4) is 0 Å². The van der Waals surface area contributed by atoms with Crippen molar-refractivity contribution in [3.05, 3.63) is 54.3 Å². The number of piperazine rings is 1. The Labute approximate surface area is 187 Å². The van der Waals surface area contributed by atoms with E-state index in [2.05, 4.69) is 10.0 Å². The smallest absolute Gasteiger partial charge is 0.240 e. The Morgan fingerprint density at radius 1 is 0.938 bits per heavy atom. The first-order valence-electron chi connectivity index (χ1n) is 9.92. The van der Waals surface area contributed by atoms with Gasteiger partial charge in [-0.2, -0.15) is 4.31 Å². The van der Waals surface area contributed by atoms with Crippen LogP contribution in [-0.4, -0.2) is 65.5 Å². The number of rotatable bonds is 8. The van der Waals surface area contributed by atoms with Gasteiger partial charge in [-0.25, -0.2) is 25.9 Å². The predicted octanol–water partition coefficient (Wildman–Crippen LogP) is 1.21. The van der Waals surface area contributed by atoms with E-state index in [1.54, 1.807) is 12.1 Å². The van der Waals surface area contributed by atoms with Crippen LogP contribution in [-0.2, 0) is 24.8 Å². The van der Waals surface area contributed by atoms with Crippen molar-refractivity contribution in [2.45, 2.75) is 11.8 Å². The Balaban J connectivity index is 1.51. The second kappa shape index (κ2) is 9.94. The third-order valence-electron chi connectivity index (χ3n) is 4.96. The summed E-state index contributed by atoms with van der Waals surface area (Å²) >= 11 is 0. The van der Waals surface area contributed by atoms with Gasteiger partial charge in [-0.15, -0.1) is 0 Å². The molecular weight excluding hydrogens is 459 g/mol. The first-order valence-corrected chi connectivity index (χ1v) is 13.0. The van der Waals surface area contributed by atoms with Gasteiger partial charge in [0.05, 0.1) is 10.6 Å². The van der Waals surface area contributed by atoms with Gasteiger partial charge in [-0.1, -0.05) is 0 Å². The van der Waals surface area contributed by atoms with E-state index in [0.29, 0.717) is 18.8 Å². The largest absolute Gasteiger partial charge is 0.369 e. The standard InChI is InChI=1S/C20H25FN4O5S2/c1-16(26)23-18-4-8-20(9-5-18)32(29,30)22-10-15-31(27,28)25-13-11-24(12-14-25)19-6-2-17(21)3-7-19/h2-9,22H,10-15H2,1H3,(H,23,26). The van der Waals surface area contributed by atoms with Gasteiger partial charge in [0, 0.05) is 51.0 Å². The third-order valence-corrected chi connectivity index (χ3v) is 8.31. The number of benzene rings is 2. The molecule has 9 nitrogen and oxygen atoms in total. The van der Waals surface area contributed by atoms with Crippen molar-refractivity contribution in [2.75, 3.05) is 48.7 Å². The maximum absolute atomic E-state index is 13.1. The number of hydrogen-bond donors (Lipinski definition) is 2. The van der Waals surface area contributed by atoms with Crippen LogP contribution in [0, 0.1) is 5.82 Å². The van der Waals surface area contributed by atoms with E-state index < -0.39 is 20.0 Å². The fourth-order valence-corrected chi connectivity index (χ4v) is 5.81. The van der Waals surface area contributed by atoms with Gasteiger partial charge in [-0.05, 0) is 48.5 Å². The highest BCUT2D eigenvalue weighted by atomic mass is 32.2. The summed E-state index contributed by atoms with van der Waals surface area (Å²) < 4.78 is 66.8. The summed E-state index contributed by atoms with van der Waals surface area (Å²) in [5.41, 5.74) is 1.28. The molecule has 0 aliphatic carbocycles. The van der Waals surface area contributed by atoms with Crippen LogP contribution in [0.25, 0.3) is 0 Å². The monoisotopic (exact) mass is 484 g/mol. The molecule has 3 rings (SSSR count). The maximum Gasteiger partial charge on any atom is 0.240 e. The van der Waals surface area contributed by atoms with Crippen molar-refractivity contribution in [3.8, 4) is 0 Å². The summed E-state index contributed by atoms with van der Waals surface area (Å²) in [4.78, 5) is 13.0. The summed E-state index contributed by atoms with van der Waals surface area (Å²) in [5, 5.41) is 2.54. The SMILES string of the molecule is CC(=O)Nc1ccc(S(=O)(=O)NCCS(=O)(=O)N2CCN(c3ccc(F)cc3)CC2)cc1. The van der Waals surface area contributed by atoms with E-state index in [4.69, 9.17) is 0 Å². The van der Waals surface area contributed by atoms with Crippen molar-refractivity contribution in [2.24, 2.45) is 0 Å². The Bertz CT molecular complexity index is 1150. The molecule has 2 aromatic rings. The van der Waals surface area contributed by atoms with Crippen LogP contribution < -0.4 is 14.9 Å². The minimum atomic E-state index is -3.89. The number of sulfonamides is 2. The minimum Gasteiger partial charge on any atom is -0.369 e. The molecule has 0 unspecified atom stereocenters. The maximum atomic E-state index is 13.1. The average Bonchev–Trinajstić information content (AvgIpc) is 2.74. The molecule has 32 heavy (non-hydrogen) atoms. The van der Waals surface area contributed by atoms with Gasteiger partial charge in [0.25, 0.3) is 0 Å². The normalized spacial score (nSPS) is 15.5. The quantitative estimate of drug-likeness (QED) is 0.582. The number of halogens is 1. The molecule has 0 atom stereocenters. The van der Waals surface area contributed by atoms with Crippen LogP contribution in [0.15, 0.2) is 53.4 Å². The molecule has 1 fully saturated rings. The van der Waals surface area contributed by atoms with E-state index >= 15 is 0 Å². The molecule has 1 saturated heterocycles. The summed E-state index contributed by atoms with van der Waals surface area (Å²) in [5.74, 6) is -0.976. The Hall–Kier alpha value is -2.54. The molecule has 2 N–H and O–H groups in total. The molecule has 1 aliphatic heterocycles. The summed E-state index contributed by atoms with van der Waals surface area (Å²) in [6, 6.07) is 11.6. The second-order valence-corrected chi connectivity index (χ2v) is 11.1. The highest BCUT2D eigenvalue weighted by molar-refractivity contribution is 7.90. The van der Waals surface area contributed by atoms with E-state index in [1.165, 1.54) is 47.6 Å². The lowest BCUT2D eigenvalue weighted by Crippen LogP contribution is -2.50. The van der Waals surface area contributed by atoms with Gasteiger partial charge in [0.2, 0.25) is 26.0 Å². The van der Waals surface area contributed by atoms with Crippen LogP contribution >= 0.6 is 0 Å². The van der Waals surface area contributed by atoms with Gasteiger partial charge < -0.3 is 10.2 Å². The lowest BCUT2D eigenvalue weighted by atomic mass is 10.2. The number of nitrogens with zero attached hydrogens (tertiary/aromatic N) is 2. The molecule has 0 aromatic heterocycles. The highest BCUT2D eigenvalue weighted by Gasteiger charge is 2.27. The molecule has 174 valence electrons. The molecule has 0 bridgehead atoms. The number of hydrogen-bond acceptors (Lipinski definition) is 6. The number of amides is 1. The zero-order chi connectivity index (χ0) is 23.4. The van der Waals surface area contributed by atoms with Crippen molar-refractivity contribution in [1.82, 2.24) is 9.03 Å². The molecule has 1 aliphatic rings. The minimum absolute atomic E-state index is 0.0306. The van der Waals surface area contributed by atoms with Gasteiger partial charge in [0.1, 0.15) is 5.82 Å². The molecule has 0 saturated carbocycles. The lowest BCUT2D eigenvalue weighted by molar-refractivity contribution is -0.114. The van der Waals surface area contributed by atoms with Crippen LogP contribution in [0.5, 0.6) is 0 Å². The van der Waals surface area contributed by atoms with Crippen molar-refractivity contribution >= 4 is 37.3 Å². The number of anilines is 2. The van der Waals surface area contributed by atoms with E-state index in [-0.39, 0.29) is 42.0 Å². The lowest BCUT2D eigenvalue weighted by Gasteiger charge is -2.35. The molecule has 1 amide bonds. The first kappa shape index (κ1) is 24.1. The van der Waals surface area contributed by atoms with Crippen molar-refractivity contribution < 1.29 is 26.0 Å². The molecule has 1 heterocycles. The first-order chi connectivity index (χ1) is 15.1. The van der Waals surface area contributed by atoms with Crippen molar-refractivity contribution in [1.29, 1.82) is 0 Å². The molecule has 0 spiro atoms. The van der Waals surface area contributed by atoms with Crippen molar-refractivity contribution in [3.63, 3.8) is 0 Å². The molecular formula is C20H25FN4O5S2. The van der Waals surface area contributed by atoms with E-state index in [9.17, 15) is 26.0 Å². The van der Waals surface area contributed by atoms with Gasteiger partial charge in [-0.3, -0.25) is 4.79 Å². The summed E-state index contributed by atoms with van der Waals surface area (Å²) in [6.45, 7) is 2.51. The molecule has 0 radical (unpaired) electrons. The van der Waals surface area contributed by atoms with E-state index in [0.717, 1.165) is 5.69 Å². The Kier molecular flexibility index (Phi) is 7.49.